The van der Waals surface area contributed by atoms with Gasteiger partial charge in [-0.1, -0.05) is 6.07 Å². The molecule has 2 aromatic rings. The van der Waals surface area contributed by atoms with Gasteiger partial charge in [-0.25, -0.2) is 9.78 Å². The molecule has 0 aromatic carbocycles. The van der Waals surface area contributed by atoms with Crippen LogP contribution >= 0.6 is 0 Å². The normalized spacial score (nSPS) is 23.1. The van der Waals surface area contributed by atoms with Crippen LogP contribution in [0.2, 0.25) is 0 Å². The summed E-state index contributed by atoms with van der Waals surface area (Å²) in [6.45, 7) is 1.01. The molecule has 5 rings (SSSR count). The molecule has 2 saturated heterocycles. The van der Waals surface area contributed by atoms with Crippen LogP contribution in [-0.4, -0.2) is 96.5 Å². The molecule has 2 fully saturated rings. The van der Waals surface area contributed by atoms with Gasteiger partial charge in [0.1, 0.15) is 19.5 Å². The first kappa shape index (κ1) is 23.4. The van der Waals surface area contributed by atoms with Gasteiger partial charge in [-0.05, 0) is 36.3 Å². The lowest BCUT2D eigenvalue weighted by Crippen LogP contribution is -2.65. The highest BCUT2D eigenvalue weighted by molar-refractivity contribution is 5.94. The second-order valence-electron chi connectivity index (χ2n) is 8.79. The van der Waals surface area contributed by atoms with Gasteiger partial charge in [0.15, 0.2) is 11.4 Å². The number of likely N-dealkylation sites (tertiary alicyclic amines) is 1. The molecule has 0 saturated carbocycles. The number of esters is 1. The number of morpholine rings is 1. The summed E-state index contributed by atoms with van der Waals surface area (Å²) in [6.07, 6.45) is -1.50. The number of halogens is 2. The van der Waals surface area contributed by atoms with Gasteiger partial charge in [-0.15, -0.1) is 5.10 Å². The summed E-state index contributed by atoms with van der Waals surface area (Å²) in [5, 5.41) is 21.5. The Hall–Kier alpha value is -3.36. The van der Waals surface area contributed by atoms with Gasteiger partial charge < -0.3 is 24.4 Å². The number of cyclic esters (lactones) is 1. The van der Waals surface area contributed by atoms with Crippen molar-refractivity contribution in [2.45, 2.75) is 37.6 Å². The van der Waals surface area contributed by atoms with Crippen LogP contribution in [0.4, 0.5) is 8.78 Å². The topological polar surface area (TPSA) is 136 Å². The van der Waals surface area contributed by atoms with Crippen LogP contribution < -0.4 is 0 Å². The maximum atomic E-state index is 14.6. The number of aliphatic hydroxyl groups excluding tert-OH is 1. The van der Waals surface area contributed by atoms with Crippen molar-refractivity contribution in [3.63, 3.8) is 0 Å². The molecule has 2 aromatic heterocycles. The first-order valence-electron chi connectivity index (χ1n) is 11.0. The lowest BCUT2D eigenvalue weighted by Gasteiger charge is -2.48. The summed E-state index contributed by atoms with van der Waals surface area (Å²) in [6, 6.07) is 3.37. The first-order valence-corrected chi connectivity index (χ1v) is 11.0. The highest BCUT2D eigenvalue weighted by Gasteiger charge is 2.58. The average molecular weight is 491 g/mol. The molecule has 35 heavy (non-hydrogen) atoms. The van der Waals surface area contributed by atoms with E-state index in [4.69, 9.17) is 9.47 Å². The maximum absolute atomic E-state index is 14.6. The van der Waals surface area contributed by atoms with Gasteiger partial charge in [-0.3, -0.25) is 4.79 Å². The van der Waals surface area contributed by atoms with Gasteiger partial charge in [0.2, 0.25) is 0 Å². The number of alkyl halides is 2. The molecule has 5 heterocycles. The SMILES string of the molecule is CC1=C(N2CC(F)(F)OC3(CCN(C[C@@H](O)c4ccc(-n5cnnn5)nc4)CC3)C2=O)COC1=O. The van der Waals surface area contributed by atoms with Crippen LogP contribution in [0, 0.1) is 0 Å². The highest BCUT2D eigenvalue weighted by Crippen LogP contribution is 2.41. The second-order valence-corrected chi connectivity index (χ2v) is 8.79. The smallest absolute Gasteiger partial charge is 0.374 e. The number of pyridine rings is 1. The largest absolute Gasteiger partial charge is 0.456 e. The molecule has 0 aliphatic carbocycles. The molecule has 3 aliphatic rings. The maximum Gasteiger partial charge on any atom is 0.374 e. The van der Waals surface area contributed by atoms with Crippen LogP contribution in [-0.2, 0) is 19.1 Å². The van der Waals surface area contributed by atoms with E-state index in [0.717, 1.165) is 4.90 Å². The minimum absolute atomic E-state index is 0.0161. The van der Waals surface area contributed by atoms with Crippen molar-refractivity contribution in [3.05, 3.63) is 41.5 Å². The van der Waals surface area contributed by atoms with E-state index < -0.39 is 36.2 Å². The fraction of sp³-hybridized carbons (Fsp3) is 0.524. The third-order valence-corrected chi connectivity index (χ3v) is 6.56. The zero-order chi connectivity index (χ0) is 24.8. The number of aromatic nitrogens is 5. The lowest BCUT2D eigenvalue weighted by atomic mass is 9.87. The Bertz CT molecular complexity index is 1150. The van der Waals surface area contributed by atoms with Crippen LogP contribution in [0.5, 0.6) is 0 Å². The van der Waals surface area contributed by atoms with Crippen molar-refractivity contribution in [2.24, 2.45) is 0 Å². The van der Waals surface area contributed by atoms with E-state index in [0.29, 0.717) is 11.4 Å². The molecule has 14 heteroatoms. The van der Waals surface area contributed by atoms with E-state index in [-0.39, 0.29) is 50.4 Å². The molecule has 1 atom stereocenters. The standard InChI is InChI=1S/C21H23F2N7O5/c1-13-15(10-34-18(13)32)29-11-21(22,23)35-20(19(29)33)4-6-28(7-5-20)9-16(31)14-2-3-17(24-8-14)30-12-25-26-27-30/h2-3,8,12,16,31H,4-7,9-11H2,1H3/t16-/m1/s1. The Morgan fingerprint density at radius 2 is 2.00 bits per heavy atom. The average Bonchev–Trinajstić information content (AvgIpc) is 3.49. The number of hydrogen-bond acceptors (Lipinski definition) is 10. The molecule has 0 bridgehead atoms. The van der Waals surface area contributed by atoms with E-state index in [1.54, 1.807) is 12.1 Å². The first-order chi connectivity index (χ1) is 16.7. The van der Waals surface area contributed by atoms with Crippen molar-refractivity contribution in [3.8, 4) is 5.82 Å². The predicted molar refractivity (Wildman–Crippen MR) is 112 cm³/mol. The molecule has 1 N–H and O–H groups in total. The van der Waals surface area contributed by atoms with E-state index >= 15 is 0 Å². The fourth-order valence-electron chi connectivity index (χ4n) is 4.59. The molecule has 0 radical (unpaired) electrons. The van der Waals surface area contributed by atoms with E-state index in [1.165, 1.54) is 24.1 Å². The minimum Gasteiger partial charge on any atom is -0.456 e. The Kier molecular flexibility index (Phi) is 5.81. The highest BCUT2D eigenvalue weighted by atomic mass is 19.3. The molecular weight excluding hydrogens is 468 g/mol. The summed E-state index contributed by atoms with van der Waals surface area (Å²) in [7, 11) is 0. The number of rotatable bonds is 5. The van der Waals surface area contributed by atoms with Gasteiger partial charge in [0.25, 0.3) is 5.91 Å². The number of β-amino-alcohol motifs (C(OH)–C–C–N with tert-alkyl or cyclic N) is 1. The minimum atomic E-state index is -3.57. The predicted octanol–water partition coefficient (Wildman–Crippen LogP) is 0.208. The molecule has 1 amide bonds. The molecule has 3 aliphatic heterocycles. The van der Waals surface area contributed by atoms with Crippen molar-refractivity contribution < 1.29 is 33.0 Å². The fourth-order valence-corrected chi connectivity index (χ4v) is 4.59. The van der Waals surface area contributed by atoms with Crippen LogP contribution in [0.25, 0.3) is 5.82 Å². The Morgan fingerprint density at radius 1 is 1.23 bits per heavy atom. The van der Waals surface area contributed by atoms with E-state index in [1.807, 2.05) is 4.90 Å². The third kappa shape index (κ3) is 4.39. The Balaban J connectivity index is 1.25. The zero-order valence-corrected chi connectivity index (χ0v) is 18.8. The molecular formula is C21H23F2N7O5. The van der Waals surface area contributed by atoms with Crippen LogP contribution in [0.15, 0.2) is 35.9 Å². The third-order valence-electron chi connectivity index (χ3n) is 6.56. The molecule has 12 nitrogen and oxygen atoms in total. The number of piperidine rings is 1. The number of tetrazole rings is 1. The van der Waals surface area contributed by atoms with Crippen molar-refractivity contribution in [1.29, 1.82) is 0 Å². The number of aliphatic hydroxyl groups is 1. The number of ether oxygens (including phenoxy) is 2. The summed E-state index contributed by atoms with van der Waals surface area (Å²) >= 11 is 0. The molecule has 186 valence electrons. The van der Waals surface area contributed by atoms with Gasteiger partial charge in [0, 0.05) is 31.4 Å². The van der Waals surface area contributed by atoms with Gasteiger partial charge in [0.05, 0.1) is 17.4 Å². The summed E-state index contributed by atoms with van der Waals surface area (Å²) in [5.74, 6) is -0.733. The number of carbonyl (C=O) groups is 2. The Labute approximate surface area is 198 Å². The second kappa shape index (κ2) is 8.70. The quantitative estimate of drug-likeness (QED) is 0.578. The summed E-state index contributed by atoms with van der Waals surface area (Å²) in [5.41, 5.74) is -0.848. The summed E-state index contributed by atoms with van der Waals surface area (Å²) in [4.78, 5) is 32.1. The van der Waals surface area contributed by atoms with Crippen molar-refractivity contribution >= 4 is 11.9 Å². The molecule has 0 unspecified atom stereocenters. The van der Waals surface area contributed by atoms with Crippen molar-refractivity contribution in [1.82, 2.24) is 35.0 Å². The van der Waals surface area contributed by atoms with Crippen LogP contribution in [0.3, 0.4) is 0 Å². The van der Waals surface area contributed by atoms with Gasteiger partial charge >= 0.3 is 12.1 Å². The van der Waals surface area contributed by atoms with Crippen molar-refractivity contribution in [2.75, 3.05) is 32.8 Å². The monoisotopic (exact) mass is 491 g/mol. The number of hydrogen-bond donors (Lipinski definition) is 1. The summed E-state index contributed by atoms with van der Waals surface area (Å²) < 4.78 is 40.5. The van der Waals surface area contributed by atoms with E-state index in [2.05, 4.69) is 20.5 Å². The number of carbonyl (C=O) groups excluding carboxylic acids is 2. The lowest BCUT2D eigenvalue weighted by molar-refractivity contribution is -0.319. The van der Waals surface area contributed by atoms with Crippen LogP contribution in [0.1, 0.15) is 31.4 Å². The van der Waals surface area contributed by atoms with E-state index in [9.17, 15) is 23.5 Å². The number of nitrogens with zero attached hydrogens (tertiary/aromatic N) is 7. The van der Waals surface area contributed by atoms with Gasteiger partial charge in [-0.2, -0.15) is 13.5 Å². The number of amides is 1. The molecule has 1 spiro atoms. The zero-order valence-electron chi connectivity index (χ0n) is 18.8. The Morgan fingerprint density at radius 3 is 2.60 bits per heavy atom.